The summed E-state index contributed by atoms with van der Waals surface area (Å²) in [5, 5.41) is 8.84. The summed E-state index contributed by atoms with van der Waals surface area (Å²) >= 11 is 0. The van der Waals surface area contributed by atoms with E-state index < -0.39 is 11.8 Å². The highest BCUT2D eigenvalue weighted by Gasteiger charge is 2.31. The van der Waals surface area contributed by atoms with Gasteiger partial charge in [0.05, 0.1) is 6.61 Å². The van der Waals surface area contributed by atoms with Crippen LogP contribution in [0.3, 0.4) is 0 Å². The number of carbonyl (C=O) groups excluding carboxylic acids is 2. The highest BCUT2D eigenvalue weighted by molar-refractivity contribution is 6.35. The first-order valence-electron chi connectivity index (χ1n) is 6.01. The first-order valence-corrected chi connectivity index (χ1v) is 6.01. The van der Waals surface area contributed by atoms with E-state index in [2.05, 4.69) is 0 Å². The molecule has 0 aromatic heterocycles. The third kappa shape index (κ3) is 4.34. The van der Waals surface area contributed by atoms with Crippen LogP contribution in [0.2, 0.25) is 0 Å². The second-order valence-corrected chi connectivity index (χ2v) is 4.83. The lowest BCUT2D eigenvalue weighted by Crippen LogP contribution is -2.52. The average molecular weight is 244 g/mol. The van der Waals surface area contributed by atoms with Crippen LogP contribution >= 0.6 is 0 Å². The van der Waals surface area contributed by atoms with Crippen LogP contribution in [-0.2, 0) is 9.59 Å². The Balaban J connectivity index is 4.83. The Morgan fingerprint density at radius 1 is 1.06 bits per heavy atom. The van der Waals surface area contributed by atoms with E-state index in [1.54, 1.807) is 6.92 Å². The second-order valence-electron chi connectivity index (χ2n) is 4.83. The highest BCUT2D eigenvalue weighted by atomic mass is 16.3. The van der Waals surface area contributed by atoms with Gasteiger partial charge in [0, 0.05) is 25.2 Å². The van der Waals surface area contributed by atoms with Crippen molar-refractivity contribution in [2.75, 3.05) is 26.2 Å². The molecule has 1 N–H and O–H groups in total. The SMILES string of the molecule is CCN(CCO)C(=O)C(=O)N(CC)C(C)(C)C. The molecule has 0 aromatic rings. The third-order valence-corrected chi connectivity index (χ3v) is 2.59. The topological polar surface area (TPSA) is 60.9 Å². The molecule has 0 radical (unpaired) electrons. The third-order valence-electron chi connectivity index (χ3n) is 2.59. The predicted molar refractivity (Wildman–Crippen MR) is 66.5 cm³/mol. The Hall–Kier alpha value is -1.10. The quantitative estimate of drug-likeness (QED) is 0.731. The molecule has 5 heteroatoms. The summed E-state index contributed by atoms with van der Waals surface area (Å²) in [7, 11) is 0. The van der Waals surface area contributed by atoms with Crippen molar-refractivity contribution in [1.82, 2.24) is 9.80 Å². The van der Waals surface area contributed by atoms with Gasteiger partial charge in [0.2, 0.25) is 0 Å². The zero-order valence-electron chi connectivity index (χ0n) is 11.5. The summed E-state index contributed by atoms with van der Waals surface area (Å²) < 4.78 is 0. The van der Waals surface area contributed by atoms with Crippen molar-refractivity contribution >= 4 is 11.8 Å². The van der Waals surface area contributed by atoms with Gasteiger partial charge in [-0.2, -0.15) is 0 Å². The van der Waals surface area contributed by atoms with E-state index >= 15 is 0 Å². The maximum absolute atomic E-state index is 12.0. The number of nitrogens with zero attached hydrogens (tertiary/aromatic N) is 2. The number of rotatable bonds is 4. The summed E-state index contributed by atoms with van der Waals surface area (Å²) in [5.74, 6) is -1.05. The minimum absolute atomic E-state index is 0.130. The number of amides is 2. The van der Waals surface area contributed by atoms with E-state index in [1.165, 1.54) is 9.80 Å². The van der Waals surface area contributed by atoms with Crippen molar-refractivity contribution in [2.24, 2.45) is 0 Å². The van der Waals surface area contributed by atoms with Gasteiger partial charge >= 0.3 is 11.8 Å². The number of aliphatic hydroxyl groups excluding tert-OH is 1. The molecule has 100 valence electrons. The molecule has 0 rings (SSSR count). The van der Waals surface area contributed by atoms with Gasteiger partial charge in [-0.3, -0.25) is 9.59 Å². The van der Waals surface area contributed by atoms with E-state index in [-0.39, 0.29) is 18.7 Å². The minimum atomic E-state index is -0.543. The first-order chi connectivity index (χ1) is 7.79. The zero-order valence-corrected chi connectivity index (χ0v) is 11.5. The molecule has 0 fully saturated rings. The van der Waals surface area contributed by atoms with Gasteiger partial charge < -0.3 is 14.9 Å². The van der Waals surface area contributed by atoms with Crippen LogP contribution in [0.1, 0.15) is 34.6 Å². The fourth-order valence-corrected chi connectivity index (χ4v) is 1.70. The molecule has 0 saturated carbocycles. The van der Waals surface area contributed by atoms with E-state index in [0.717, 1.165) is 0 Å². The van der Waals surface area contributed by atoms with Crippen molar-refractivity contribution in [2.45, 2.75) is 40.2 Å². The Morgan fingerprint density at radius 3 is 1.88 bits per heavy atom. The number of carbonyl (C=O) groups is 2. The normalized spacial score (nSPS) is 11.2. The van der Waals surface area contributed by atoms with Crippen molar-refractivity contribution in [3.8, 4) is 0 Å². The Bertz CT molecular complexity index is 271. The minimum Gasteiger partial charge on any atom is -0.395 e. The zero-order chi connectivity index (χ0) is 13.6. The maximum Gasteiger partial charge on any atom is 0.312 e. The van der Waals surface area contributed by atoms with Crippen molar-refractivity contribution in [3.05, 3.63) is 0 Å². The molecule has 0 atom stereocenters. The van der Waals surface area contributed by atoms with E-state index in [0.29, 0.717) is 13.1 Å². The molecule has 0 spiro atoms. The van der Waals surface area contributed by atoms with Gasteiger partial charge in [0.1, 0.15) is 0 Å². The Morgan fingerprint density at radius 2 is 1.59 bits per heavy atom. The molecule has 0 aliphatic heterocycles. The Labute approximate surface area is 103 Å². The predicted octanol–water partition coefficient (Wildman–Crippen LogP) is 0.474. The Kier molecular flexibility index (Phi) is 6.16. The van der Waals surface area contributed by atoms with Crippen LogP contribution in [0.25, 0.3) is 0 Å². The van der Waals surface area contributed by atoms with Crippen LogP contribution in [-0.4, -0.2) is 58.5 Å². The molecule has 0 unspecified atom stereocenters. The van der Waals surface area contributed by atoms with Gasteiger partial charge in [-0.15, -0.1) is 0 Å². The standard InChI is InChI=1S/C12H24N2O3/c1-6-13(8-9-15)10(16)11(17)14(7-2)12(3,4)5/h15H,6-9H2,1-5H3. The summed E-state index contributed by atoms with van der Waals surface area (Å²) in [6.07, 6.45) is 0. The van der Waals surface area contributed by atoms with Gasteiger partial charge in [-0.25, -0.2) is 0 Å². The van der Waals surface area contributed by atoms with Gasteiger partial charge in [0.15, 0.2) is 0 Å². The monoisotopic (exact) mass is 244 g/mol. The lowest BCUT2D eigenvalue weighted by Gasteiger charge is -2.35. The maximum atomic E-state index is 12.0. The fraction of sp³-hybridized carbons (Fsp3) is 0.833. The molecule has 0 saturated heterocycles. The molecule has 5 nitrogen and oxygen atoms in total. The summed E-state index contributed by atoms with van der Waals surface area (Å²) in [5.41, 5.74) is -0.375. The van der Waals surface area contributed by atoms with E-state index in [1.807, 2.05) is 27.7 Å². The van der Waals surface area contributed by atoms with E-state index in [4.69, 9.17) is 5.11 Å². The molecule has 2 amide bonds. The van der Waals surface area contributed by atoms with Crippen molar-refractivity contribution in [3.63, 3.8) is 0 Å². The number of likely N-dealkylation sites (N-methyl/N-ethyl adjacent to an activating group) is 2. The smallest absolute Gasteiger partial charge is 0.312 e. The highest BCUT2D eigenvalue weighted by Crippen LogP contribution is 2.13. The van der Waals surface area contributed by atoms with E-state index in [9.17, 15) is 9.59 Å². The van der Waals surface area contributed by atoms with Crippen molar-refractivity contribution < 1.29 is 14.7 Å². The first kappa shape index (κ1) is 15.9. The number of aliphatic hydroxyl groups is 1. The number of hydrogen-bond donors (Lipinski definition) is 1. The van der Waals surface area contributed by atoms with Crippen molar-refractivity contribution in [1.29, 1.82) is 0 Å². The largest absolute Gasteiger partial charge is 0.395 e. The molecular formula is C12H24N2O3. The second kappa shape index (κ2) is 6.59. The lowest BCUT2D eigenvalue weighted by molar-refractivity contribution is -0.154. The fourth-order valence-electron chi connectivity index (χ4n) is 1.70. The van der Waals surface area contributed by atoms with Crippen LogP contribution in [0.5, 0.6) is 0 Å². The molecule has 0 aromatic carbocycles. The van der Waals surface area contributed by atoms with Gasteiger partial charge in [0.25, 0.3) is 0 Å². The molecule has 17 heavy (non-hydrogen) atoms. The van der Waals surface area contributed by atoms with Crippen LogP contribution < -0.4 is 0 Å². The molecule has 0 heterocycles. The molecular weight excluding hydrogens is 220 g/mol. The summed E-state index contributed by atoms with van der Waals surface area (Å²) in [6, 6.07) is 0. The van der Waals surface area contributed by atoms with Crippen LogP contribution in [0, 0.1) is 0 Å². The van der Waals surface area contributed by atoms with Crippen LogP contribution in [0.4, 0.5) is 0 Å². The number of hydrogen-bond acceptors (Lipinski definition) is 3. The average Bonchev–Trinajstić information content (AvgIpc) is 2.23. The molecule has 0 bridgehead atoms. The molecule has 0 aliphatic rings. The lowest BCUT2D eigenvalue weighted by atomic mass is 10.1. The van der Waals surface area contributed by atoms with Gasteiger partial charge in [-0.1, -0.05) is 0 Å². The van der Waals surface area contributed by atoms with Crippen LogP contribution in [0.15, 0.2) is 0 Å². The summed E-state index contributed by atoms with van der Waals surface area (Å²) in [6.45, 7) is 10.3. The van der Waals surface area contributed by atoms with Gasteiger partial charge in [-0.05, 0) is 34.6 Å². The molecule has 0 aliphatic carbocycles. The summed E-state index contributed by atoms with van der Waals surface area (Å²) in [4.78, 5) is 26.9.